The number of carbonyl (C=O) groups is 1. The Labute approximate surface area is 116 Å². The second-order valence-electron chi connectivity index (χ2n) is 4.70. The number of ether oxygens (including phenoxy) is 1. The van der Waals surface area contributed by atoms with Crippen molar-refractivity contribution in [2.45, 2.75) is 12.8 Å². The van der Waals surface area contributed by atoms with Gasteiger partial charge < -0.3 is 9.53 Å². The van der Waals surface area contributed by atoms with Gasteiger partial charge in [0.05, 0.1) is 5.92 Å². The van der Waals surface area contributed by atoms with E-state index in [1.165, 1.54) is 6.07 Å². The number of halogens is 1. The molecule has 0 spiro atoms. The van der Waals surface area contributed by atoms with Crippen LogP contribution in [0.15, 0.2) is 54.3 Å². The predicted molar refractivity (Wildman–Crippen MR) is 74.9 cm³/mol. The minimum absolute atomic E-state index is 0.350. The molecule has 0 amide bonds. The van der Waals surface area contributed by atoms with Crippen LogP contribution in [0, 0.1) is 5.82 Å². The molecule has 0 N–H and O–H groups in total. The van der Waals surface area contributed by atoms with E-state index in [9.17, 15) is 9.18 Å². The van der Waals surface area contributed by atoms with Gasteiger partial charge in [-0.2, -0.15) is 0 Å². The fraction of sp³-hybridized carbons (Fsp3) is 0.118. The normalized spacial score (nSPS) is 17.4. The molecule has 1 atom stereocenters. The standard InChI is InChI=1S/C17H13FO2/c1-11-17(13-7-2-4-8-15(13)18)14(10-19)12-6-3-5-9-16(12)20-11/h2-10,14H,1H3. The fourth-order valence-corrected chi connectivity index (χ4v) is 2.60. The number of hydrogen-bond donors (Lipinski definition) is 0. The smallest absolute Gasteiger partial charge is 0.132 e. The number of aldehydes is 1. The van der Waals surface area contributed by atoms with Gasteiger partial charge in [0.1, 0.15) is 23.6 Å². The van der Waals surface area contributed by atoms with Crippen molar-refractivity contribution in [3.63, 3.8) is 0 Å². The topological polar surface area (TPSA) is 26.3 Å². The number of benzene rings is 2. The fourth-order valence-electron chi connectivity index (χ4n) is 2.60. The lowest BCUT2D eigenvalue weighted by Crippen LogP contribution is -2.15. The molecule has 0 bridgehead atoms. The van der Waals surface area contributed by atoms with E-state index in [1.54, 1.807) is 25.1 Å². The van der Waals surface area contributed by atoms with Gasteiger partial charge in [-0.15, -0.1) is 0 Å². The van der Waals surface area contributed by atoms with E-state index in [4.69, 9.17) is 4.74 Å². The van der Waals surface area contributed by atoms with E-state index in [0.717, 1.165) is 11.8 Å². The van der Waals surface area contributed by atoms with Crippen molar-refractivity contribution in [1.29, 1.82) is 0 Å². The van der Waals surface area contributed by atoms with E-state index in [1.807, 2.05) is 24.3 Å². The summed E-state index contributed by atoms with van der Waals surface area (Å²) in [7, 11) is 0. The first-order chi connectivity index (χ1) is 9.72. The van der Waals surface area contributed by atoms with Gasteiger partial charge in [-0.3, -0.25) is 0 Å². The molecular weight excluding hydrogens is 255 g/mol. The molecule has 0 aromatic heterocycles. The average Bonchev–Trinajstić information content (AvgIpc) is 2.47. The molecule has 3 heteroatoms. The number of para-hydroxylation sites is 1. The van der Waals surface area contributed by atoms with Crippen LogP contribution in [0.2, 0.25) is 0 Å². The first-order valence-electron chi connectivity index (χ1n) is 6.40. The average molecular weight is 268 g/mol. The van der Waals surface area contributed by atoms with E-state index in [-0.39, 0.29) is 5.82 Å². The lowest BCUT2D eigenvalue weighted by Gasteiger charge is -2.26. The molecule has 1 unspecified atom stereocenters. The van der Waals surface area contributed by atoms with Gasteiger partial charge in [0.2, 0.25) is 0 Å². The summed E-state index contributed by atoms with van der Waals surface area (Å²) in [5, 5.41) is 0. The van der Waals surface area contributed by atoms with Crippen molar-refractivity contribution < 1.29 is 13.9 Å². The zero-order chi connectivity index (χ0) is 14.1. The van der Waals surface area contributed by atoms with E-state index in [2.05, 4.69) is 0 Å². The van der Waals surface area contributed by atoms with Crippen molar-refractivity contribution in [2.75, 3.05) is 0 Å². The summed E-state index contributed by atoms with van der Waals surface area (Å²) in [6.07, 6.45) is 0.840. The third kappa shape index (κ3) is 1.92. The molecule has 0 fully saturated rings. The highest BCUT2D eigenvalue weighted by Crippen LogP contribution is 2.43. The zero-order valence-corrected chi connectivity index (χ0v) is 11.0. The molecule has 1 aliphatic heterocycles. The van der Waals surface area contributed by atoms with Gasteiger partial charge >= 0.3 is 0 Å². The predicted octanol–water partition coefficient (Wildman–Crippen LogP) is 3.93. The molecule has 3 rings (SSSR count). The van der Waals surface area contributed by atoms with Crippen LogP contribution in [-0.2, 0) is 4.79 Å². The van der Waals surface area contributed by atoms with Crippen LogP contribution in [0.25, 0.3) is 5.57 Å². The van der Waals surface area contributed by atoms with Crippen LogP contribution in [0.5, 0.6) is 5.75 Å². The van der Waals surface area contributed by atoms with Crippen molar-refractivity contribution in [3.8, 4) is 5.75 Å². The summed E-state index contributed by atoms with van der Waals surface area (Å²) in [6.45, 7) is 1.76. The lowest BCUT2D eigenvalue weighted by molar-refractivity contribution is -0.108. The first kappa shape index (κ1) is 12.6. The van der Waals surface area contributed by atoms with Crippen LogP contribution in [0.1, 0.15) is 24.0 Å². The lowest BCUT2D eigenvalue weighted by atomic mass is 9.84. The van der Waals surface area contributed by atoms with E-state index >= 15 is 0 Å². The third-order valence-corrected chi connectivity index (χ3v) is 3.51. The van der Waals surface area contributed by atoms with Crippen LogP contribution in [-0.4, -0.2) is 6.29 Å². The Hall–Kier alpha value is -2.42. The van der Waals surface area contributed by atoms with Gasteiger partial charge in [-0.1, -0.05) is 36.4 Å². The van der Waals surface area contributed by atoms with Gasteiger partial charge in [0.25, 0.3) is 0 Å². The summed E-state index contributed by atoms with van der Waals surface area (Å²) in [4.78, 5) is 11.6. The molecule has 2 aromatic rings. The van der Waals surface area contributed by atoms with Gasteiger partial charge in [0, 0.05) is 16.7 Å². The van der Waals surface area contributed by atoms with Crippen molar-refractivity contribution in [2.24, 2.45) is 0 Å². The highest BCUT2D eigenvalue weighted by molar-refractivity contribution is 5.89. The molecule has 1 aliphatic rings. The summed E-state index contributed by atoms with van der Waals surface area (Å²) < 4.78 is 19.8. The monoisotopic (exact) mass is 268 g/mol. The van der Waals surface area contributed by atoms with E-state index < -0.39 is 5.92 Å². The SMILES string of the molecule is CC1=C(c2ccccc2F)C(C=O)c2ccccc2O1. The number of carbonyl (C=O) groups excluding carboxylic acids is 1. The molecule has 1 heterocycles. The Morgan fingerprint density at radius 3 is 2.55 bits per heavy atom. The molecule has 2 nitrogen and oxygen atoms in total. The van der Waals surface area contributed by atoms with E-state index in [0.29, 0.717) is 22.6 Å². The van der Waals surface area contributed by atoms with Crippen molar-refractivity contribution in [1.82, 2.24) is 0 Å². The molecule has 20 heavy (non-hydrogen) atoms. The molecular formula is C17H13FO2. The number of hydrogen-bond acceptors (Lipinski definition) is 2. The second kappa shape index (κ2) is 4.93. The summed E-state index contributed by atoms with van der Waals surface area (Å²) >= 11 is 0. The third-order valence-electron chi connectivity index (χ3n) is 3.51. The number of allylic oxidation sites excluding steroid dienone is 2. The second-order valence-corrected chi connectivity index (χ2v) is 4.70. The highest BCUT2D eigenvalue weighted by atomic mass is 19.1. The quantitative estimate of drug-likeness (QED) is 0.771. The summed E-state index contributed by atoms with van der Waals surface area (Å²) in [6, 6.07) is 13.8. The largest absolute Gasteiger partial charge is 0.461 e. The molecule has 0 saturated heterocycles. The minimum atomic E-state index is -0.503. The Morgan fingerprint density at radius 2 is 1.80 bits per heavy atom. The number of rotatable bonds is 2. The minimum Gasteiger partial charge on any atom is -0.461 e. The van der Waals surface area contributed by atoms with Crippen LogP contribution in [0.3, 0.4) is 0 Å². The van der Waals surface area contributed by atoms with Crippen molar-refractivity contribution in [3.05, 3.63) is 71.2 Å². The Bertz CT molecular complexity index is 704. The first-order valence-corrected chi connectivity index (χ1v) is 6.40. The molecule has 100 valence electrons. The summed E-state index contributed by atoms with van der Waals surface area (Å²) in [5.74, 6) is 0.363. The van der Waals surface area contributed by atoms with Gasteiger partial charge in [-0.25, -0.2) is 4.39 Å². The highest BCUT2D eigenvalue weighted by Gasteiger charge is 2.29. The maximum Gasteiger partial charge on any atom is 0.132 e. The Kier molecular flexibility index (Phi) is 3.11. The molecule has 0 saturated carbocycles. The molecule has 0 radical (unpaired) electrons. The maximum absolute atomic E-state index is 14.0. The Balaban J connectivity index is 2.20. The molecule has 0 aliphatic carbocycles. The van der Waals surface area contributed by atoms with Gasteiger partial charge in [0.15, 0.2) is 0 Å². The van der Waals surface area contributed by atoms with Crippen LogP contribution in [0.4, 0.5) is 4.39 Å². The van der Waals surface area contributed by atoms with Crippen LogP contribution < -0.4 is 4.74 Å². The summed E-state index contributed by atoms with van der Waals surface area (Å²) in [5.41, 5.74) is 1.78. The van der Waals surface area contributed by atoms with Crippen molar-refractivity contribution >= 4 is 11.9 Å². The Morgan fingerprint density at radius 1 is 1.10 bits per heavy atom. The van der Waals surface area contributed by atoms with Gasteiger partial charge in [-0.05, 0) is 19.1 Å². The maximum atomic E-state index is 14.0. The zero-order valence-electron chi connectivity index (χ0n) is 11.0. The van der Waals surface area contributed by atoms with Crippen LogP contribution >= 0.6 is 0 Å². The number of fused-ring (bicyclic) bond motifs is 1. The molecule has 2 aromatic carbocycles.